The van der Waals surface area contributed by atoms with Gasteiger partial charge < -0.3 is 10.2 Å². The summed E-state index contributed by atoms with van der Waals surface area (Å²) < 4.78 is 82.6. The Kier molecular flexibility index (Phi) is 7.05. The average Bonchev–Trinajstić information content (AvgIpc) is 3.20. The van der Waals surface area contributed by atoms with Crippen molar-refractivity contribution in [1.82, 2.24) is 14.6 Å². The lowest BCUT2D eigenvalue weighted by molar-refractivity contribution is -0.124. The van der Waals surface area contributed by atoms with Crippen LogP contribution in [0.2, 0.25) is 0 Å². The minimum atomic E-state index is -4.08. The zero-order valence-corrected chi connectivity index (χ0v) is 19.9. The molecule has 1 amide bonds. The van der Waals surface area contributed by atoms with Crippen molar-refractivity contribution in [2.75, 3.05) is 18.0 Å². The van der Waals surface area contributed by atoms with Crippen molar-refractivity contribution in [1.29, 1.82) is 0 Å². The second kappa shape index (κ2) is 9.73. The third-order valence-corrected chi connectivity index (χ3v) is 8.42. The van der Waals surface area contributed by atoms with Crippen LogP contribution in [0.15, 0.2) is 41.4 Å². The highest BCUT2D eigenvalue weighted by atomic mass is 32.2. The van der Waals surface area contributed by atoms with Gasteiger partial charge in [0.05, 0.1) is 17.6 Å². The number of nitrogens with one attached hydrogen (secondary N) is 1. The third-order valence-electron chi connectivity index (χ3n) is 6.38. The van der Waals surface area contributed by atoms with Crippen molar-refractivity contribution in [2.24, 2.45) is 0 Å². The monoisotopic (exact) mass is 514 g/mol. The maximum absolute atomic E-state index is 14.4. The normalized spacial score (nSPS) is 22.8. The Morgan fingerprint density at radius 2 is 1.91 bits per heavy atom. The summed E-state index contributed by atoms with van der Waals surface area (Å²) >= 11 is 0. The Bertz CT molecular complexity index is 1190. The van der Waals surface area contributed by atoms with Gasteiger partial charge in [-0.1, -0.05) is 0 Å². The maximum atomic E-state index is 14.4. The van der Waals surface area contributed by atoms with Crippen LogP contribution in [-0.2, 0) is 21.4 Å². The SMILES string of the molecule is C[C@H]1CC[C@@H](C(=O)NCc2cc(N3CCCC(F)(F)C3)ncc2F)N1S(=O)(=O)c1ccc(F)cc1. The van der Waals surface area contributed by atoms with Crippen molar-refractivity contribution in [3.05, 3.63) is 53.7 Å². The number of sulfonamides is 1. The van der Waals surface area contributed by atoms with E-state index in [4.69, 9.17) is 0 Å². The highest BCUT2D eigenvalue weighted by molar-refractivity contribution is 7.89. The molecule has 190 valence electrons. The number of amides is 1. The fraction of sp³-hybridized carbons (Fsp3) is 0.478. The third kappa shape index (κ3) is 5.43. The summed E-state index contributed by atoms with van der Waals surface area (Å²) in [5, 5.41) is 2.57. The minimum absolute atomic E-state index is 0.0521. The van der Waals surface area contributed by atoms with Gasteiger partial charge in [-0.3, -0.25) is 4.79 Å². The van der Waals surface area contributed by atoms with Crippen molar-refractivity contribution < 1.29 is 30.8 Å². The Hall–Kier alpha value is -2.73. The number of halogens is 4. The van der Waals surface area contributed by atoms with Crippen LogP contribution in [0.3, 0.4) is 0 Å². The molecule has 2 aromatic rings. The molecule has 0 aliphatic carbocycles. The molecule has 1 N–H and O–H groups in total. The zero-order valence-electron chi connectivity index (χ0n) is 19.1. The number of anilines is 1. The van der Waals surface area contributed by atoms with Gasteiger partial charge in [0.15, 0.2) is 0 Å². The van der Waals surface area contributed by atoms with Crippen LogP contribution >= 0.6 is 0 Å². The van der Waals surface area contributed by atoms with Gasteiger partial charge in [0.1, 0.15) is 23.5 Å². The molecular formula is C23H26F4N4O3S. The standard InChI is InChI=1S/C23H26F4N4O3S/c1-15-3-8-20(31(15)35(33,34)18-6-4-17(24)5-7-18)22(32)29-12-16-11-21(28-13-19(16)25)30-10-2-9-23(26,27)14-30/h4-7,11,13,15,20H,2-3,8-10,12,14H2,1H3,(H,29,32)/t15-,20-/m0/s1. The fourth-order valence-corrected chi connectivity index (χ4v) is 6.42. The first-order chi connectivity index (χ1) is 16.5. The molecule has 2 saturated heterocycles. The molecule has 35 heavy (non-hydrogen) atoms. The maximum Gasteiger partial charge on any atom is 0.265 e. The summed E-state index contributed by atoms with van der Waals surface area (Å²) in [5.74, 6) is -4.58. The van der Waals surface area contributed by atoms with Gasteiger partial charge in [-0.15, -0.1) is 0 Å². The van der Waals surface area contributed by atoms with E-state index in [1.54, 1.807) is 6.92 Å². The first-order valence-electron chi connectivity index (χ1n) is 11.3. The van der Waals surface area contributed by atoms with E-state index in [0.717, 1.165) is 34.8 Å². The molecule has 12 heteroatoms. The molecule has 1 aromatic heterocycles. The highest BCUT2D eigenvalue weighted by Gasteiger charge is 2.43. The number of rotatable bonds is 6. The Morgan fingerprint density at radius 1 is 1.20 bits per heavy atom. The van der Waals surface area contributed by atoms with E-state index in [1.807, 2.05) is 0 Å². The van der Waals surface area contributed by atoms with E-state index in [0.29, 0.717) is 13.0 Å². The lowest BCUT2D eigenvalue weighted by atomic mass is 10.1. The summed E-state index contributed by atoms with van der Waals surface area (Å²) in [7, 11) is -4.08. The largest absolute Gasteiger partial charge is 0.351 e. The summed E-state index contributed by atoms with van der Waals surface area (Å²) in [6, 6.07) is 4.18. The molecule has 1 aromatic carbocycles. The lowest BCUT2D eigenvalue weighted by Gasteiger charge is -2.33. The van der Waals surface area contributed by atoms with Crippen molar-refractivity contribution in [3.63, 3.8) is 0 Å². The quantitative estimate of drug-likeness (QED) is 0.598. The van der Waals surface area contributed by atoms with Crippen LogP contribution < -0.4 is 10.2 Å². The molecule has 0 spiro atoms. The molecule has 2 fully saturated rings. The summed E-state index contributed by atoms with van der Waals surface area (Å²) in [6.07, 6.45) is 1.68. The topological polar surface area (TPSA) is 82.6 Å². The van der Waals surface area contributed by atoms with Crippen LogP contribution in [0.25, 0.3) is 0 Å². The number of nitrogens with zero attached hydrogens (tertiary/aromatic N) is 3. The van der Waals surface area contributed by atoms with E-state index in [2.05, 4.69) is 10.3 Å². The second-order valence-electron chi connectivity index (χ2n) is 8.96. The van der Waals surface area contributed by atoms with Gasteiger partial charge in [0.2, 0.25) is 15.9 Å². The number of benzene rings is 1. The molecule has 3 heterocycles. The van der Waals surface area contributed by atoms with Crippen molar-refractivity contribution in [2.45, 2.75) is 62.1 Å². The molecule has 4 rings (SSSR count). The minimum Gasteiger partial charge on any atom is -0.351 e. The number of alkyl halides is 2. The van der Waals surface area contributed by atoms with E-state index < -0.39 is 52.1 Å². The summed E-state index contributed by atoms with van der Waals surface area (Å²) in [5.41, 5.74) is 0.0521. The first kappa shape index (κ1) is 25.4. The Balaban J connectivity index is 1.48. The van der Waals surface area contributed by atoms with Crippen LogP contribution in [0.1, 0.15) is 38.2 Å². The molecule has 2 aliphatic rings. The number of carbonyl (C=O) groups excluding carboxylic acids is 1. The molecule has 2 atom stereocenters. The molecule has 2 aliphatic heterocycles. The number of pyridine rings is 1. The summed E-state index contributed by atoms with van der Waals surface area (Å²) in [4.78, 5) is 18.1. The number of carbonyl (C=O) groups is 1. The number of hydrogen-bond acceptors (Lipinski definition) is 5. The van der Waals surface area contributed by atoms with Crippen LogP contribution in [0.5, 0.6) is 0 Å². The second-order valence-corrected chi connectivity index (χ2v) is 10.8. The molecule has 0 unspecified atom stereocenters. The Morgan fingerprint density at radius 3 is 2.60 bits per heavy atom. The van der Waals surface area contributed by atoms with Crippen LogP contribution in [0, 0.1) is 11.6 Å². The number of piperidine rings is 1. The van der Waals surface area contributed by atoms with Crippen LogP contribution in [-0.4, -0.2) is 54.7 Å². The predicted octanol–water partition coefficient (Wildman–Crippen LogP) is 3.45. The van der Waals surface area contributed by atoms with Gasteiger partial charge in [-0.2, -0.15) is 4.31 Å². The van der Waals surface area contributed by atoms with E-state index in [-0.39, 0.29) is 42.1 Å². The van der Waals surface area contributed by atoms with Gasteiger partial charge in [0, 0.05) is 31.1 Å². The van der Waals surface area contributed by atoms with E-state index in [9.17, 15) is 30.8 Å². The van der Waals surface area contributed by atoms with Gasteiger partial charge in [0.25, 0.3) is 5.92 Å². The predicted molar refractivity (Wildman–Crippen MR) is 120 cm³/mol. The Labute approximate surface area is 201 Å². The van der Waals surface area contributed by atoms with Crippen LogP contribution in [0.4, 0.5) is 23.4 Å². The smallest absolute Gasteiger partial charge is 0.265 e. The number of aromatic nitrogens is 1. The zero-order chi connectivity index (χ0) is 25.4. The molecular weight excluding hydrogens is 488 g/mol. The highest BCUT2D eigenvalue weighted by Crippen LogP contribution is 2.32. The molecule has 0 radical (unpaired) electrons. The average molecular weight is 515 g/mol. The molecule has 0 bridgehead atoms. The van der Waals surface area contributed by atoms with Crippen molar-refractivity contribution in [3.8, 4) is 0 Å². The first-order valence-corrected chi connectivity index (χ1v) is 12.8. The number of hydrogen-bond donors (Lipinski definition) is 1. The molecule has 0 saturated carbocycles. The van der Waals surface area contributed by atoms with E-state index in [1.165, 1.54) is 11.0 Å². The summed E-state index contributed by atoms with van der Waals surface area (Å²) in [6.45, 7) is 1.25. The fourth-order valence-electron chi connectivity index (χ4n) is 4.58. The molecule has 7 nitrogen and oxygen atoms in total. The van der Waals surface area contributed by atoms with Gasteiger partial charge >= 0.3 is 0 Å². The lowest BCUT2D eigenvalue weighted by Crippen LogP contribution is -2.48. The van der Waals surface area contributed by atoms with Gasteiger partial charge in [-0.05, 0) is 56.5 Å². The van der Waals surface area contributed by atoms with Crippen molar-refractivity contribution >= 4 is 21.7 Å². The van der Waals surface area contributed by atoms with E-state index >= 15 is 0 Å². The van der Waals surface area contributed by atoms with Gasteiger partial charge in [-0.25, -0.2) is 31.0 Å².